The van der Waals surface area contributed by atoms with Crippen molar-refractivity contribution in [2.45, 2.75) is 6.42 Å². The van der Waals surface area contributed by atoms with Crippen molar-refractivity contribution in [3.63, 3.8) is 0 Å². The summed E-state index contributed by atoms with van der Waals surface area (Å²) in [5.41, 5.74) is 0.667. The van der Waals surface area contributed by atoms with Crippen LogP contribution in [-0.2, 0) is 4.74 Å². The number of rotatable bonds is 7. The lowest BCUT2D eigenvalue weighted by Crippen LogP contribution is -2.07. The van der Waals surface area contributed by atoms with Gasteiger partial charge in [0.05, 0.1) is 10.7 Å². The number of aromatic nitrogens is 2. The van der Waals surface area contributed by atoms with Crippen molar-refractivity contribution in [2.75, 3.05) is 30.9 Å². The predicted octanol–water partition coefficient (Wildman–Crippen LogP) is 3.98. The number of hydrogen-bond acceptors (Lipinski definition) is 5. The third-order valence-electron chi connectivity index (χ3n) is 2.66. The maximum Gasteiger partial charge on any atom is 0.229 e. The molecule has 0 aliphatic rings. The van der Waals surface area contributed by atoms with Crippen LogP contribution >= 0.6 is 23.2 Å². The molecular weight excluding hydrogens is 311 g/mol. The topological polar surface area (TPSA) is 59.1 Å². The van der Waals surface area contributed by atoms with Gasteiger partial charge in [-0.2, -0.15) is 4.98 Å². The number of methoxy groups -OCH3 is 1. The van der Waals surface area contributed by atoms with Gasteiger partial charge in [0.25, 0.3) is 0 Å². The first-order valence-corrected chi connectivity index (χ1v) is 7.22. The summed E-state index contributed by atoms with van der Waals surface area (Å²) in [5, 5.41) is 7.40. The average molecular weight is 327 g/mol. The first-order valence-electron chi connectivity index (χ1n) is 6.47. The van der Waals surface area contributed by atoms with Crippen molar-refractivity contribution in [3.05, 3.63) is 40.5 Å². The number of nitrogens with zero attached hydrogens (tertiary/aromatic N) is 2. The SMILES string of the molecule is COCCCNc1ccnc(Nc2cc(Cl)ccc2Cl)n1. The molecule has 21 heavy (non-hydrogen) atoms. The van der Waals surface area contributed by atoms with Gasteiger partial charge in [-0.05, 0) is 30.7 Å². The summed E-state index contributed by atoms with van der Waals surface area (Å²) in [7, 11) is 1.68. The maximum absolute atomic E-state index is 6.10. The lowest BCUT2D eigenvalue weighted by atomic mass is 10.3. The Labute approximate surface area is 133 Å². The molecule has 2 aromatic rings. The fraction of sp³-hybridized carbons (Fsp3) is 0.286. The Hall–Kier alpha value is -1.56. The van der Waals surface area contributed by atoms with E-state index in [1.54, 1.807) is 37.6 Å². The molecule has 1 aromatic heterocycles. The molecule has 7 heteroatoms. The number of ether oxygens (including phenoxy) is 1. The van der Waals surface area contributed by atoms with Gasteiger partial charge < -0.3 is 15.4 Å². The molecule has 0 saturated heterocycles. The molecule has 2 N–H and O–H groups in total. The second-order valence-electron chi connectivity index (χ2n) is 4.29. The Bertz CT molecular complexity index is 595. The molecule has 112 valence electrons. The Balaban J connectivity index is 2.02. The van der Waals surface area contributed by atoms with E-state index in [0.717, 1.165) is 18.8 Å². The molecule has 0 bridgehead atoms. The van der Waals surface area contributed by atoms with Crippen LogP contribution in [0.15, 0.2) is 30.5 Å². The van der Waals surface area contributed by atoms with E-state index in [9.17, 15) is 0 Å². The highest BCUT2D eigenvalue weighted by Gasteiger charge is 2.04. The van der Waals surface area contributed by atoms with Gasteiger partial charge in [-0.25, -0.2) is 4.98 Å². The van der Waals surface area contributed by atoms with Gasteiger partial charge in [0, 0.05) is 31.5 Å². The number of nitrogens with one attached hydrogen (secondary N) is 2. The van der Waals surface area contributed by atoms with E-state index in [2.05, 4.69) is 20.6 Å². The molecule has 0 saturated carbocycles. The minimum atomic E-state index is 0.455. The zero-order valence-corrected chi connectivity index (χ0v) is 13.1. The molecule has 0 atom stereocenters. The Morgan fingerprint density at radius 1 is 1.24 bits per heavy atom. The minimum absolute atomic E-state index is 0.455. The van der Waals surface area contributed by atoms with Crippen LogP contribution in [0.2, 0.25) is 10.0 Å². The molecule has 1 aromatic carbocycles. The molecule has 5 nitrogen and oxygen atoms in total. The van der Waals surface area contributed by atoms with Crippen LogP contribution in [0, 0.1) is 0 Å². The van der Waals surface area contributed by atoms with Gasteiger partial charge >= 0.3 is 0 Å². The number of hydrogen-bond donors (Lipinski definition) is 2. The smallest absolute Gasteiger partial charge is 0.229 e. The van der Waals surface area contributed by atoms with E-state index >= 15 is 0 Å². The first-order chi connectivity index (χ1) is 10.2. The standard InChI is InChI=1S/C14H16Cl2N4O/c1-21-8-2-6-17-13-5-7-18-14(20-13)19-12-9-10(15)3-4-11(12)16/h3-5,7,9H,2,6,8H2,1H3,(H2,17,18,19,20). The summed E-state index contributed by atoms with van der Waals surface area (Å²) in [6.45, 7) is 1.49. The maximum atomic E-state index is 6.10. The lowest BCUT2D eigenvalue weighted by molar-refractivity contribution is 0.198. The predicted molar refractivity (Wildman–Crippen MR) is 86.8 cm³/mol. The summed E-state index contributed by atoms with van der Waals surface area (Å²) in [6.07, 6.45) is 2.58. The number of halogens is 2. The second kappa shape index (κ2) is 8.02. The van der Waals surface area contributed by atoms with Crippen molar-refractivity contribution >= 4 is 40.7 Å². The van der Waals surface area contributed by atoms with E-state index in [4.69, 9.17) is 27.9 Å². The van der Waals surface area contributed by atoms with Crippen LogP contribution in [-0.4, -0.2) is 30.2 Å². The molecule has 0 aliphatic heterocycles. The quantitative estimate of drug-likeness (QED) is 0.754. The van der Waals surface area contributed by atoms with Crippen molar-refractivity contribution in [3.8, 4) is 0 Å². The molecule has 0 spiro atoms. The van der Waals surface area contributed by atoms with Gasteiger partial charge in [0.1, 0.15) is 5.82 Å². The lowest BCUT2D eigenvalue weighted by Gasteiger charge is -2.09. The normalized spacial score (nSPS) is 10.4. The third kappa shape index (κ3) is 5.04. The van der Waals surface area contributed by atoms with Crippen LogP contribution in [0.4, 0.5) is 17.5 Å². The number of benzene rings is 1. The highest BCUT2D eigenvalue weighted by Crippen LogP contribution is 2.27. The van der Waals surface area contributed by atoms with E-state index in [-0.39, 0.29) is 0 Å². The zero-order valence-electron chi connectivity index (χ0n) is 11.6. The summed E-state index contributed by atoms with van der Waals surface area (Å²) >= 11 is 12.0. The fourth-order valence-corrected chi connectivity index (χ4v) is 2.00. The average Bonchev–Trinajstić information content (AvgIpc) is 2.48. The van der Waals surface area contributed by atoms with Crippen molar-refractivity contribution < 1.29 is 4.74 Å². The summed E-state index contributed by atoms with van der Waals surface area (Å²) in [5.74, 6) is 1.19. The second-order valence-corrected chi connectivity index (χ2v) is 5.13. The van der Waals surface area contributed by atoms with E-state index < -0.39 is 0 Å². The Kier molecular flexibility index (Phi) is 6.04. The first kappa shape index (κ1) is 15.8. The molecular formula is C14H16Cl2N4O. The van der Waals surface area contributed by atoms with Gasteiger partial charge in [-0.15, -0.1) is 0 Å². The monoisotopic (exact) mass is 326 g/mol. The summed E-state index contributed by atoms with van der Waals surface area (Å²) in [6, 6.07) is 6.98. The van der Waals surface area contributed by atoms with Crippen LogP contribution in [0.25, 0.3) is 0 Å². The highest BCUT2D eigenvalue weighted by atomic mass is 35.5. The highest BCUT2D eigenvalue weighted by molar-refractivity contribution is 6.35. The molecule has 1 heterocycles. The van der Waals surface area contributed by atoms with Crippen molar-refractivity contribution in [2.24, 2.45) is 0 Å². The molecule has 0 amide bonds. The van der Waals surface area contributed by atoms with E-state index in [1.165, 1.54) is 0 Å². The molecule has 2 rings (SSSR count). The third-order valence-corrected chi connectivity index (χ3v) is 3.23. The van der Waals surface area contributed by atoms with Crippen LogP contribution < -0.4 is 10.6 Å². The molecule has 0 radical (unpaired) electrons. The summed E-state index contributed by atoms with van der Waals surface area (Å²) in [4.78, 5) is 8.52. The molecule has 0 fully saturated rings. The minimum Gasteiger partial charge on any atom is -0.385 e. The van der Waals surface area contributed by atoms with Crippen molar-refractivity contribution in [1.29, 1.82) is 0 Å². The largest absolute Gasteiger partial charge is 0.385 e. The van der Waals surface area contributed by atoms with Crippen molar-refractivity contribution in [1.82, 2.24) is 9.97 Å². The van der Waals surface area contributed by atoms with Crippen LogP contribution in [0.3, 0.4) is 0 Å². The summed E-state index contributed by atoms with van der Waals surface area (Å²) < 4.78 is 4.99. The van der Waals surface area contributed by atoms with Crippen LogP contribution in [0.1, 0.15) is 6.42 Å². The van der Waals surface area contributed by atoms with Gasteiger partial charge in [0.15, 0.2) is 0 Å². The van der Waals surface area contributed by atoms with Gasteiger partial charge in [-0.1, -0.05) is 23.2 Å². The van der Waals surface area contributed by atoms with Gasteiger partial charge in [-0.3, -0.25) is 0 Å². The van der Waals surface area contributed by atoms with Gasteiger partial charge in [0.2, 0.25) is 5.95 Å². The molecule has 0 unspecified atom stereocenters. The van der Waals surface area contributed by atoms with E-state index in [0.29, 0.717) is 28.3 Å². The molecule has 0 aliphatic carbocycles. The Morgan fingerprint density at radius 2 is 2.10 bits per heavy atom. The zero-order chi connectivity index (χ0) is 15.1. The Morgan fingerprint density at radius 3 is 2.90 bits per heavy atom. The van der Waals surface area contributed by atoms with E-state index in [1.807, 2.05) is 0 Å². The fourth-order valence-electron chi connectivity index (χ4n) is 1.66. The number of anilines is 3. The van der Waals surface area contributed by atoms with Crippen LogP contribution in [0.5, 0.6) is 0 Å².